The lowest BCUT2D eigenvalue weighted by Gasteiger charge is -2.19. The van der Waals surface area contributed by atoms with Gasteiger partial charge in [-0.25, -0.2) is 9.59 Å². The van der Waals surface area contributed by atoms with Crippen LogP contribution in [0.4, 0.5) is 10.5 Å². The SMILES string of the molecule is CC(C)(C)OC(=O)NCc1ccc(N)c(C(=O)OCCSI)c1. The van der Waals surface area contributed by atoms with Crippen LogP contribution in [0.2, 0.25) is 0 Å². The number of anilines is 1. The normalized spacial score (nSPS) is 11.0. The number of rotatable bonds is 6. The van der Waals surface area contributed by atoms with Crippen LogP contribution in [0.15, 0.2) is 18.2 Å². The van der Waals surface area contributed by atoms with Gasteiger partial charge in [-0.3, -0.25) is 0 Å². The number of carbonyl (C=O) groups excluding carboxylic acids is 2. The van der Waals surface area contributed by atoms with Crippen LogP contribution in [0.5, 0.6) is 0 Å². The van der Waals surface area contributed by atoms with Crippen LogP contribution in [0, 0.1) is 0 Å². The molecule has 0 aromatic heterocycles. The van der Waals surface area contributed by atoms with E-state index < -0.39 is 17.7 Å². The van der Waals surface area contributed by atoms with Crippen LogP contribution in [0.1, 0.15) is 36.7 Å². The molecule has 0 heterocycles. The van der Waals surface area contributed by atoms with E-state index in [0.717, 1.165) is 5.56 Å². The molecule has 0 spiro atoms. The molecule has 0 aliphatic carbocycles. The van der Waals surface area contributed by atoms with Gasteiger partial charge in [0.15, 0.2) is 0 Å². The van der Waals surface area contributed by atoms with Crippen molar-refractivity contribution in [2.45, 2.75) is 32.9 Å². The minimum Gasteiger partial charge on any atom is -0.461 e. The third-order valence-electron chi connectivity index (χ3n) is 2.57. The number of ether oxygens (including phenoxy) is 2. The molecule has 0 fully saturated rings. The van der Waals surface area contributed by atoms with E-state index in [2.05, 4.69) is 26.5 Å². The lowest BCUT2D eigenvalue weighted by molar-refractivity contribution is 0.0519. The Hall–Kier alpha value is -1.16. The molecular weight excluding hydrogens is 431 g/mol. The average molecular weight is 452 g/mol. The zero-order chi connectivity index (χ0) is 17.5. The summed E-state index contributed by atoms with van der Waals surface area (Å²) in [6.45, 7) is 5.93. The Bertz CT molecular complexity index is 561. The zero-order valence-corrected chi connectivity index (χ0v) is 16.3. The van der Waals surface area contributed by atoms with Crippen LogP contribution in [-0.4, -0.2) is 30.0 Å². The third kappa shape index (κ3) is 7.78. The molecule has 0 bridgehead atoms. The predicted octanol–water partition coefficient (Wildman–Crippen LogP) is 3.53. The third-order valence-corrected chi connectivity index (χ3v) is 4.21. The minimum atomic E-state index is -0.559. The molecular formula is C15H21IN2O4S. The first kappa shape index (κ1) is 19.9. The van der Waals surface area contributed by atoms with Crippen molar-refractivity contribution in [2.24, 2.45) is 0 Å². The van der Waals surface area contributed by atoms with E-state index in [1.165, 1.54) is 0 Å². The summed E-state index contributed by atoms with van der Waals surface area (Å²) < 4.78 is 10.3. The zero-order valence-electron chi connectivity index (χ0n) is 13.3. The summed E-state index contributed by atoms with van der Waals surface area (Å²) in [4.78, 5) is 23.6. The molecule has 0 atom stereocenters. The summed E-state index contributed by atoms with van der Waals surface area (Å²) in [7, 11) is 1.56. The summed E-state index contributed by atoms with van der Waals surface area (Å²) in [6, 6.07) is 4.98. The number of hydrogen-bond donors (Lipinski definition) is 2. The number of benzene rings is 1. The number of nitrogens with two attached hydrogens (primary N) is 1. The Balaban J connectivity index is 2.66. The molecule has 3 N–H and O–H groups in total. The van der Waals surface area contributed by atoms with Gasteiger partial charge >= 0.3 is 12.1 Å². The van der Waals surface area contributed by atoms with E-state index in [9.17, 15) is 9.59 Å². The van der Waals surface area contributed by atoms with E-state index in [1.54, 1.807) is 47.9 Å². The van der Waals surface area contributed by atoms with Gasteiger partial charge < -0.3 is 20.5 Å². The van der Waals surface area contributed by atoms with Crippen molar-refractivity contribution in [2.75, 3.05) is 18.1 Å². The molecule has 0 unspecified atom stereocenters. The van der Waals surface area contributed by atoms with Gasteiger partial charge in [0.1, 0.15) is 12.2 Å². The Morgan fingerprint density at radius 3 is 2.65 bits per heavy atom. The highest BCUT2D eigenvalue weighted by molar-refractivity contribution is 14.2. The molecule has 6 nitrogen and oxygen atoms in total. The van der Waals surface area contributed by atoms with Gasteiger partial charge in [0.05, 0.1) is 5.56 Å². The smallest absolute Gasteiger partial charge is 0.407 e. The summed E-state index contributed by atoms with van der Waals surface area (Å²) in [5.41, 5.74) is 6.64. The lowest BCUT2D eigenvalue weighted by Crippen LogP contribution is -2.32. The first-order valence-corrected chi connectivity index (χ1v) is 10.5. The van der Waals surface area contributed by atoms with Crippen LogP contribution in [0.3, 0.4) is 0 Å². The van der Waals surface area contributed by atoms with Gasteiger partial charge in [0.25, 0.3) is 0 Å². The molecule has 23 heavy (non-hydrogen) atoms. The largest absolute Gasteiger partial charge is 0.461 e. The molecule has 1 aromatic carbocycles. The van der Waals surface area contributed by atoms with E-state index >= 15 is 0 Å². The minimum absolute atomic E-state index is 0.235. The summed E-state index contributed by atoms with van der Waals surface area (Å²) >= 11 is 2.14. The highest BCUT2D eigenvalue weighted by atomic mass is 127. The Morgan fingerprint density at radius 1 is 1.35 bits per heavy atom. The van der Waals surface area contributed by atoms with Crippen molar-refractivity contribution in [3.8, 4) is 0 Å². The second kappa shape index (κ2) is 9.21. The van der Waals surface area contributed by atoms with Crippen LogP contribution < -0.4 is 11.1 Å². The van der Waals surface area contributed by atoms with E-state index in [1.807, 2.05) is 0 Å². The number of esters is 1. The maximum atomic E-state index is 12.0. The number of nitrogen functional groups attached to an aromatic ring is 1. The highest BCUT2D eigenvalue weighted by Crippen LogP contribution is 2.17. The number of nitrogens with one attached hydrogen (secondary N) is 1. The van der Waals surface area contributed by atoms with Crippen LogP contribution in [0.25, 0.3) is 0 Å². The molecule has 128 valence electrons. The van der Waals surface area contributed by atoms with Gasteiger partial charge in [0, 0.05) is 18.0 Å². The number of carbonyl (C=O) groups is 2. The second-order valence-electron chi connectivity index (χ2n) is 5.73. The van der Waals surface area contributed by atoms with E-state index in [0.29, 0.717) is 23.6 Å². The van der Waals surface area contributed by atoms with E-state index in [4.69, 9.17) is 15.2 Å². The Kier molecular flexibility index (Phi) is 7.97. The molecule has 1 rings (SSSR count). The van der Waals surface area contributed by atoms with Crippen molar-refractivity contribution in [3.63, 3.8) is 0 Å². The number of halogens is 1. The predicted molar refractivity (Wildman–Crippen MR) is 101 cm³/mol. The summed E-state index contributed by atoms with van der Waals surface area (Å²) in [5, 5.41) is 2.63. The quantitative estimate of drug-likeness (QED) is 0.297. The van der Waals surface area contributed by atoms with Gasteiger partial charge in [-0.15, -0.1) is 0 Å². The van der Waals surface area contributed by atoms with Crippen molar-refractivity contribution < 1.29 is 19.1 Å². The fourth-order valence-corrected chi connectivity index (χ4v) is 2.31. The summed E-state index contributed by atoms with van der Waals surface area (Å²) in [6.07, 6.45) is -0.516. The second-order valence-corrected chi connectivity index (χ2v) is 8.22. The number of hydrogen-bond acceptors (Lipinski definition) is 6. The van der Waals surface area contributed by atoms with Gasteiger partial charge in [-0.1, -0.05) is 15.0 Å². The molecule has 0 aliphatic rings. The Morgan fingerprint density at radius 2 is 2.04 bits per heavy atom. The van der Waals surface area contributed by atoms with Crippen LogP contribution in [-0.2, 0) is 16.0 Å². The molecule has 0 saturated heterocycles. The van der Waals surface area contributed by atoms with Crippen molar-refractivity contribution in [1.29, 1.82) is 0 Å². The molecule has 1 aromatic rings. The molecule has 0 radical (unpaired) electrons. The van der Waals surface area contributed by atoms with Crippen molar-refractivity contribution >= 4 is 47.9 Å². The van der Waals surface area contributed by atoms with Crippen molar-refractivity contribution in [1.82, 2.24) is 5.32 Å². The Labute approximate surface area is 152 Å². The fraction of sp³-hybridized carbons (Fsp3) is 0.467. The van der Waals surface area contributed by atoms with Gasteiger partial charge in [0.2, 0.25) is 0 Å². The average Bonchev–Trinajstić information content (AvgIpc) is 2.44. The molecule has 8 heteroatoms. The maximum absolute atomic E-state index is 12.0. The monoisotopic (exact) mass is 452 g/mol. The number of amides is 1. The van der Waals surface area contributed by atoms with Gasteiger partial charge in [-0.05, 0) is 59.7 Å². The van der Waals surface area contributed by atoms with Gasteiger partial charge in [-0.2, -0.15) is 0 Å². The topological polar surface area (TPSA) is 90.6 Å². The van der Waals surface area contributed by atoms with E-state index in [-0.39, 0.29) is 6.54 Å². The molecule has 0 saturated carbocycles. The van der Waals surface area contributed by atoms with Crippen molar-refractivity contribution in [3.05, 3.63) is 29.3 Å². The highest BCUT2D eigenvalue weighted by Gasteiger charge is 2.16. The molecule has 0 aliphatic heterocycles. The number of alkyl carbamates (subject to hydrolysis) is 1. The maximum Gasteiger partial charge on any atom is 0.407 e. The lowest BCUT2D eigenvalue weighted by atomic mass is 10.1. The van der Waals surface area contributed by atoms with Crippen LogP contribution >= 0.6 is 30.1 Å². The first-order chi connectivity index (χ1) is 10.7. The first-order valence-electron chi connectivity index (χ1n) is 6.99. The fourth-order valence-electron chi connectivity index (χ4n) is 1.62. The standard InChI is InChI=1S/C15H21IN2O4S/c1-15(2,3)22-14(20)18-9-10-4-5-12(17)11(8-10)13(19)21-6-7-23-16/h4-5,8H,6-7,9,17H2,1-3H3,(H,18,20). The summed E-state index contributed by atoms with van der Waals surface area (Å²) in [5.74, 6) is 0.249. The molecule has 1 amide bonds.